The van der Waals surface area contributed by atoms with Gasteiger partial charge in [-0.2, -0.15) is 18.3 Å². The van der Waals surface area contributed by atoms with Crippen LogP contribution in [0.3, 0.4) is 0 Å². The Bertz CT molecular complexity index is 1060. The van der Waals surface area contributed by atoms with Crippen LogP contribution in [-0.2, 0) is 17.8 Å². The topological polar surface area (TPSA) is 106 Å². The number of benzene rings is 1. The molecule has 2 heterocycles. The molecule has 3 rings (SSSR count). The molecule has 1 atom stereocenters. The highest BCUT2D eigenvalue weighted by Gasteiger charge is 2.37. The molecular weight excluding hydrogens is 437 g/mol. The molecule has 8 nitrogen and oxygen atoms in total. The van der Waals surface area contributed by atoms with E-state index >= 15 is 0 Å². The van der Waals surface area contributed by atoms with E-state index < -0.39 is 11.9 Å². The molecule has 0 saturated heterocycles. The maximum absolute atomic E-state index is 13.1. The third-order valence-corrected chi connectivity index (χ3v) is 5.51. The zero-order valence-corrected chi connectivity index (χ0v) is 18.6. The molecule has 33 heavy (non-hydrogen) atoms. The molecule has 0 radical (unpaired) electrons. The Kier molecular flexibility index (Phi) is 7.11. The number of fused-ring (bicyclic) bond motifs is 1. The summed E-state index contributed by atoms with van der Waals surface area (Å²) in [7, 11) is 1.47. The molecule has 0 saturated carbocycles. The molecule has 1 aromatic carbocycles. The van der Waals surface area contributed by atoms with E-state index in [1.54, 1.807) is 21.7 Å². The molecule has 1 unspecified atom stereocenters. The fourth-order valence-electron chi connectivity index (χ4n) is 3.72. The van der Waals surface area contributed by atoms with Gasteiger partial charge in [0.1, 0.15) is 5.71 Å². The smallest absolute Gasteiger partial charge is 0.394 e. The number of allylic oxidation sites excluding steroid dienone is 1. The predicted octanol–water partition coefficient (Wildman–Crippen LogP) is 3.23. The Morgan fingerprint density at radius 3 is 2.55 bits per heavy atom. The summed E-state index contributed by atoms with van der Waals surface area (Å²) in [5.74, 6) is 0.480. The first-order valence-electron chi connectivity index (χ1n) is 10.4. The molecule has 178 valence electrons. The first kappa shape index (κ1) is 24.3. The largest absolute Gasteiger partial charge is 0.433 e. The summed E-state index contributed by atoms with van der Waals surface area (Å²) in [6.07, 6.45) is -3.02. The maximum Gasteiger partial charge on any atom is 0.433 e. The first-order chi connectivity index (χ1) is 15.6. The number of carbonyl (C=O) groups excluding carboxylic acids is 1. The van der Waals surface area contributed by atoms with Gasteiger partial charge >= 0.3 is 6.18 Å². The van der Waals surface area contributed by atoms with Crippen molar-refractivity contribution in [2.45, 2.75) is 39.0 Å². The molecule has 1 aliphatic rings. The van der Waals surface area contributed by atoms with E-state index in [0.717, 1.165) is 17.5 Å². The summed E-state index contributed by atoms with van der Waals surface area (Å²) >= 11 is 0. The molecule has 1 aliphatic heterocycles. The minimum Gasteiger partial charge on any atom is -0.394 e. The summed E-state index contributed by atoms with van der Waals surface area (Å²) in [6, 6.07) is 5.95. The highest BCUT2D eigenvalue weighted by atomic mass is 19.4. The second-order valence-corrected chi connectivity index (χ2v) is 7.86. The van der Waals surface area contributed by atoms with Gasteiger partial charge < -0.3 is 20.6 Å². The van der Waals surface area contributed by atoms with Crippen LogP contribution in [0.1, 0.15) is 36.7 Å². The van der Waals surface area contributed by atoms with Crippen LogP contribution >= 0.6 is 0 Å². The van der Waals surface area contributed by atoms with Gasteiger partial charge in [-0.1, -0.05) is 12.1 Å². The number of halogens is 3. The fraction of sp³-hybridized carbons (Fsp3) is 0.409. The SMILES string of the molecule is CN/C=C(\C(=N)C(F)(F)F)c1ccc(Nc2nn(C(C)CO)c3c2CN(C(C)=O)CC3)cc1. The van der Waals surface area contributed by atoms with E-state index in [9.17, 15) is 23.1 Å². The minimum atomic E-state index is -4.77. The lowest BCUT2D eigenvalue weighted by atomic mass is 10.0. The van der Waals surface area contributed by atoms with Crippen molar-refractivity contribution in [1.82, 2.24) is 20.0 Å². The lowest BCUT2D eigenvalue weighted by Crippen LogP contribution is -2.35. The predicted molar refractivity (Wildman–Crippen MR) is 119 cm³/mol. The van der Waals surface area contributed by atoms with E-state index in [-0.39, 0.29) is 29.7 Å². The number of amides is 1. The number of nitrogens with one attached hydrogen (secondary N) is 3. The maximum atomic E-state index is 13.1. The number of aliphatic hydroxyl groups is 1. The number of aromatic nitrogens is 2. The van der Waals surface area contributed by atoms with Crippen LogP contribution in [0.4, 0.5) is 24.7 Å². The number of nitrogens with zero attached hydrogens (tertiary/aromatic N) is 3. The quantitative estimate of drug-likeness (QED) is 0.471. The summed E-state index contributed by atoms with van der Waals surface area (Å²) in [5, 5.41) is 27.4. The number of rotatable bonds is 7. The van der Waals surface area contributed by atoms with E-state index in [1.165, 1.54) is 26.1 Å². The van der Waals surface area contributed by atoms with Gasteiger partial charge in [0.05, 0.1) is 19.2 Å². The van der Waals surface area contributed by atoms with Gasteiger partial charge in [0.2, 0.25) is 5.91 Å². The zero-order chi connectivity index (χ0) is 24.3. The molecule has 0 fully saturated rings. The van der Waals surface area contributed by atoms with Gasteiger partial charge in [-0.3, -0.25) is 14.9 Å². The lowest BCUT2D eigenvalue weighted by Gasteiger charge is -2.27. The molecular formula is C22H27F3N6O2. The van der Waals surface area contributed by atoms with Crippen molar-refractivity contribution in [1.29, 1.82) is 5.41 Å². The van der Waals surface area contributed by atoms with Crippen molar-refractivity contribution in [3.63, 3.8) is 0 Å². The number of hydrogen-bond acceptors (Lipinski definition) is 6. The van der Waals surface area contributed by atoms with Gasteiger partial charge in [0.15, 0.2) is 5.82 Å². The average molecular weight is 464 g/mol. The van der Waals surface area contributed by atoms with Crippen LogP contribution in [-0.4, -0.2) is 57.8 Å². The summed E-state index contributed by atoms with van der Waals surface area (Å²) in [6.45, 7) is 4.19. The lowest BCUT2D eigenvalue weighted by molar-refractivity contribution is -0.129. The van der Waals surface area contributed by atoms with Crippen molar-refractivity contribution in [2.75, 3.05) is 25.5 Å². The standard InChI is InChI=1S/C22H27F3N6O2/c1-13(12-32)31-19-8-9-30(14(2)33)11-18(19)21(29-31)28-16-6-4-15(5-7-16)17(10-27-3)20(26)22(23,24)25/h4-7,10,13,26-27,32H,8-9,11-12H2,1-3H3,(H,28,29)/b17-10-,26-20?. The van der Waals surface area contributed by atoms with Crippen LogP contribution in [0.25, 0.3) is 5.57 Å². The monoisotopic (exact) mass is 464 g/mol. The van der Waals surface area contributed by atoms with Crippen molar-refractivity contribution in [3.8, 4) is 0 Å². The van der Waals surface area contributed by atoms with E-state index in [1.807, 2.05) is 6.92 Å². The Balaban J connectivity index is 1.91. The summed E-state index contributed by atoms with van der Waals surface area (Å²) in [5.41, 5.74) is 0.896. The Hall–Kier alpha value is -3.34. The fourth-order valence-corrected chi connectivity index (χ4v) is 3.72. The van der Waals surface area contributed by atoms with Gasteiger partial charge in [0, 0.05) is 55.7 Å². The molecule has 4 N–H and O–H groups in total. The average Bonchev–Trinajstić information content (AvgIpc) is 3.14. The molecule has 0 spiro atoms. The number of carbonyl (C=O) groups is 1. The van der Waals surface area contributed by atoms with Crippen LogP contribution in [0.2, 0.25) is 0 Å². The second kappa shape index (κ2) is 9.65. The highest BCUT2D eigenvalue weighted by Crippen LogP contribution is 2.32. The van der Waals surface area contributed by atoms with Crippen LogP contribution < -0.4 is 10.6 Å². The molecule has 0 aliphatic carbocycles. The molecule has 1 amide bonds. The highest BCUT2D eigenvalue weighted by molar-refractivity contribution is 6.24. The second-order valence-electron chi connectivity index (χ2n) is 7.86. The van der Waals surface area contributed by atoms with Gasteiger partial charge in [-0.15, -0.1) is 0 Å². The minimum absolute atomic E-state index is 0.0464. The Morgan fingerprint density at radius 2 is 2.00 bits per heavy atom. The summed E-state index contributed by atoms with van der Waals surface area (Å²) < 4.78 is 40.9. The number of aliphatic hydroxyl groups excluding tert-OH is 1. The molecule has 2 aromatic rings. The van der Waals surface area contributed by atoms with Gasteiger partial charge in [0.25, 0.3) is 0 Å². The normalized spacial score (nSPS) is 15.1. The van der Waals surface area contributed by atoms with Crippen molar-refractivity contribution in [3.05, 3.63) is 47.3 Å². The summed E-state index contributed by atoms with van der Waals surface area (Å²) in [4.78, 5) is 13.6. The third-order valence-electron chi connectivity index (χ3n) is 5.51. The zero-order valence-electron chi connectivity index (χ0n) is 18.6. The Labute approximate surface area is 189 Å². The van der Waals surface area contributed by atoms with Gasteiger partial charge in [-0.25, -0.2) is 0 Å². The number of anilines is 2. The molecule has 1 aromatic heterocycles. The first-order valence-corrected chi connectivity index (χ1v) is 10.4. The van der Waals surface area contributed by atoms with E-state index in [2.05, 4.69) is 15.7 Å². The van der Waals surface area contributed by atoms with Crippen molar-refractivity contribution >= 4 is 28.7 Å². The van der Waals surface area contributed by atoms with Crippen molar-refractivity contribution in [2.24, 2.45) is 0 Å². The molecule has 11 heteroatoms. The van der Waals surface area contributed by atoms with Crippen LogP contribution in [0.15, 0.2) is 30.5 Å². The van der Waals surface area contributed by atoms with Gasteiger partial charge in [-0.05, 0) is 24.6 Å². The third kappa shape index (κ3) is 5.19. The van der Waals surface area contributed by atoms with E-state index in [4.69, 9.17) is 5.41 Å². The Morgan fingerprint density at radius 1 is 1.33 bits per heavy atom. The van der Waals surface area contributed by atoms with Crippen LogP contribution in [0.5, 0.6) is 0 Å². The van der Waals surface area contributed by atoms with E-state index in [0.29, 0.717) is 31.0 Å². The van der Waals surface area contributed by atoms with Crippen molar-refractivity contribution < 1.29 is 23.1 Å². The molecule has 0 bridgehead atoms. The number of alkyl halides is 3. The number of hydrogen-bond donors (Lipinski definition) is 4. The van der Waals surface area contributed by atoms with Crippen LogP contribution in [0, 0.1) is 5.41 Å².